The van der Waals surface area contributed by atoms with Crippen LogP contribution in [0.1, 0.15) is 130 Å². The monoisotopic (exact) mass is 354 g/mol. The summed E-state index contributed by atoms with van der Waals surface area (Å²) in [6.45, 7) is 8.67. The predicted molar refractivity (Wildman–Crippen MR) is 110 cm³/mol. The first-order valence-electron chi connectivity index (χ1n) is 11.1. The van der Waals surface area contributed by atoms with Crippen LogP contribution >= 0.6 is 0 Å². The van der Waals surface area contributed by atoms with Gasteiger partial charge in [0.05, 0.1) is 5.92 Å². The van der Waals surface area contributed by atoms with Crippen molar-refractivity contribution in [1.29, 1.82) is 0 Å². The van der Waals surface area contributed by atoms with Gasteiger partial charge in [0.1, 0.15) is 0 Å². The van der Waals surface area contributed by atoms with Gasteiger partial charge in [0, 0.05) is 0 Å². The molecule has 0 bridgehead atoms. The number of carboxylic acids is 1. The second-order valence-electron chi connectivity index (χ2n) is 9.18. The fraction of sp³-hybridized carbons (Fsp3) is 0.957. The van der Waals surface area contributed by atoms with Crippen molar-refractivity contribution in [2.75, 3.05) is 0 Å². The summed E-state index contributed by atoms with van der Waals surface area (Å²) in [5, 5.41) is 9.34. The third kappa shape index (κ3) is 18.1. The van der Waals surface area contributed by atoms with E-state index < -0.39 is 5.97 Å². The second kappa shape index (κ2) is 15.7. The fourth-order valence-electron chi connectivity index (χ4n) is 3.64. The molecule has 0 rings (SSSR count). The molecule has 2 nitrogen and oxygen atoms in total. The average Bonchev–Trinajstić information content (AvgIpc) is 2.52. The predicted octanol–water partition coefficient (Wildman–Crippen LogP) is 7.99. The third-order valence-electron chi connectivity index (χ3n) is 5.11. The van der Waals surface area contributed by atoms with Gasteiger partial charge in [-0.3, -0.25) is 4.79 Å². The molecule has 0 aromatic carbocycles. The van der Waals surface area contributed by atoms with Crippen LogP contribution in [0.2, 0.25) is 0 Å². The molecule has 0 saturated heterocycles. The van der Waals surface area contributed by atoms with Crippen LogP contribution in [0.15, 0.2) is 0 Å². The molecule has 0 amide bonds. The van der Waals surface area contributed by atoms with Gasteiger partial charge in [0.15, 0.2) is 0 Å². The zero-order valence-electron chi connectivity index (χ0n) is 17.7. The highest BCUT2D eigenvalue weighted by molar-refractivity contribution is 5.69. The van der Waals surface area contributed by atoms with E-state index in [2.05, 4.69) is 27.7 Å². The Balaban J connectivity index is 3.39. The maximum absolute atomic E-state index is 11.3. The summed E-state index contributed by atoms with van der Waals surface area (Å²) in [4.78, 5) is 11.3. The van der Waals surface area contributed by atoms with E-state index >= 15 is 0 Å². The normalized spacial score (nSPS) is 13.1. The number of carboxylic acid groups (broad SMARTS) is 1. The first-order valence-corrected chi connectivity index (χ1v) is 11.1. The molecule has 0 aliphatic carbocycles. The minimum absolute atomic E-state index is 0.110. The van der Waals surface area contributed by atoms with Crippen molar-refractivity contribution in [3.63, 3.8) is 0 Å². The van der Waals surface area contributed by atoms with Crippen molar-refractivity contribution >= 4 is 5.97 Å². The van der Waals surface area contributed by atoms with Gasteiger partial charge in [0.2, 0.25) is 0 Å². The van der Waals surface area contributed by atoms with E-state index in [0.29, 0.717) is 0 Å². The highest BCUT2D eigenvalue weighted by Crippen LogP contribution is 2.28. The summed E-state index contributed by atoms with van der Waals surface area (Å²) in [7, 11) is 0. The molecular formula is C23H46O2. The summed E-state index contributed by atoms with van der Waals surface area (Å²) >= 11 is 0. The van der Waals surface area contributed by atoms with E-state index in [9.17, 15) is 9.90 Å². The van der Waals surface area contributed by atoms with Crippen molar-refractivity contribution in [1.82, 2.24) is 0 Å². The smallest absolute Gasteiger partial charge is 0.306 e. The van der Waals surface area contributed by atoms with Gasteiger partial charge in [-0.1, -0.05) is 118 Å². The minimum atomic E-state index is -0.607. The van der Waals surface area contributed by atoms with E-state index in [4.69, 9.17) is 0 Å². The molecule has 0 saturated carbocycles. The Hall–Kier alpha value is -0.530. The van der Waals surface area contributed by atoms with Crippen LogP contribution in [-0.2, 0) is 4.79 Å². The first kappa shape index (κ1) is 24.5. The third-order valence-corrected chi connectivity index (χ3v) is 5.11. The molecular weight excluding hydrogens is 308 g/mol. The molecule has 1 atom stereocenters. The molecule has 150 valence electrons. The largest absolute Gasteiger partial charge is 0.481 e. The zero-order chi connectivity index (χ0) is 19.0. The van der Waals surface area contributed by atoms with E-state index in [0.717, 1.165) is 19.3 Å². The lowest BCUT2D eigenvalue weighted by Crippen LogP contribution is -2.20. The summed E-state index contributed by atoms with van der Waals surface area (Å²) in [5.74, 6) is -0.762. The Bertz CT molecular complexity index is 304. The Morgan fingerprint density at radius 3 is 1.40 bits per heavy atom. The lowest BCUT2D eigenvalue weighted by molar-refractivity contribution is -0.143. The molecule has 0 heterocycles. The van der Waals surface area contributed by atoms with Crippen LogP contribution in [-0.4, -0.2) is 11.1 Å². The van der Waals surface area contributed by atoms with E-state index in [1.807, 2.05) is 0 Å². The number of hydrogen-bond acceptors (Lipinski definition) is 1. The summed E-state index contributed by atoms with van der Waals surface area (Å²) < 4.78 is 0. The van der Waals surface area contributed by atoms with E-state index in [-0.39, 0.29) is 11.3 Å². The van der Waals surface area contributed by atoms with Gasteiger partial charge >= 0.3 is 5.97 Å². The van der Waals surface area contributed by atoms with Crippen LogP contribution in [0.25, 0.3) is 0 Å². The molecule has 0 aromatic heterocycles. The van der Waals surface area contributed by atoms with Gasteiger partial charge in [-0.05, 0) is 18.3 Å². The fourth-order valence-corrected chi connectivity index (χ4v) is 3.64. The second-order valence-corrected chi connectivity index (χ2v) is 9.18. The Labute approximate surface area is 158 Å². The maximum Gasteiger partial charge on any atom is 0.306 e. The quantitative estimate of drug-likeness (QED) is 0.269. The number of carbonyl (C=O) groups is 1. The highest BCUT2D eigenvalue weighted by Gasteiger charge is 2.23. The average molecular weight is 355 g/mol. The molecule has 25 heavy (non-hydrogen) atoms. The van der Waals surface area contributed by atoms with Crippen LogP contribution in [0.5, 0.6) is 0 Å². The topological polar surface area (TPSA) is 37.3 Å². The van der Waals surface area contributed by atoms with Crippen LogP contribution in [0.4, 0.5) is 0 Å². The van der Waals surface area contributed by atoms with Crippen molar-refractivity contribution in [2.45, 2.75) is 130 Å². The Kier molecular flexibility index (Phi) is 15.4. The molecule has 0 radical (unpaired) electrons. The molecule has 0 aliphatic rings. The molecule has 1 N–H and O–H groups in total. The molecule has 0 fully saturated rings. The standard InChI is InChI=1S/C23H46O2/c1-5-6-7-8-9-10-11-12-13-14-15-16-17-18-19-21(22(24)25)20-23(2,3)4/h21H,5-20H2,1-4H3,(H,24,25). The molecule has 0 spiro atoms. The van der Waals surface area contributed by atoms with E-state index in [1.54, 1.807) is 0 Å². The number of hydrogen-bond donors (Lipinski definition) is 1. The van der Waals surface area contributed by atoms with Crippen molar-refractivity contribution in [2.24, 2.45) is 11.3 Å². The molecule has 1 unspecified atom stereocenters. The first-order chi connectivity index (χ1) is 11.9. The summed E-state index contributed by atoms with van der Waals surface area (Å²) in [5.41, 5.74) is 0.110. The van der Waals surface area contributed by atoms with Gasteiger partial charge in [-0.15, -0.1) is 0 Å². The number of rotatable bonds is 17. The summed E-state index contributed by atoms with van der Waals surface area (Å²) in [6.07, 6.45) is 20.5. The van der Waals surface area contributed by atoms with Crippen LogP contribution in [0.3, 0.4) is 0 Å². The Morgan fingerprint density at radius 1 is 0.720 bits per heavy atom. The lowest BCUT2D eigenvalue weighted by Gasteiger charge is -2.23. The van der Waals surface area contributed by atoms with Gasteiger partial charge in [-0.25, -0.2) is 0 Å². The molecule has 0 aliphatic heterocycles. The Morgan fingerprint density at radius 2 is 1.08 bits per heavy atom. The van der Waals surface area contributed by atoms with Crippen molar-refractivity contribution in [3.8, 4) is 0 Å². The van der Waals surface area contributed by atoms with E-state index in [1.165, 1.54) is 83.5 Å². The van der Waals surface area contributed by atoms with Gasteiger partial charge in [-0.2, -0.15) is 0 Å². The highest BCUT2D eigenvalue weighted by atomic mass is 16.4. The molecule has 0 aromatic rings. The maximum atomic E-state index is 11.3. The SMILES string of the molecule is CCCCCCCCCCCCCCCCC(CC(C)(C)C)C(=O)O. The lowest BCUT2D eigenvalue weighted by atomic mass is 9.82. The van der Waals surface area contributed by atoms with Gasteiger partial charge < -0.3 is 5.11 Å². The summed E-state index contributed by atoms with van der Waals surface area (Å²) in [6, 6.07) is 0. The van der Waals surface area contributed by atoms with Crippen LogP contribution in [0, 0.1) is 11.3 Å². The molecule has 2 heteroatoms. The number of aliphatic carboxylic acids is 1. The zero-order valence-corrected chi connectivity index (χ0v) is 17.7. The van der Waals surface area contributed by atoms with Crippen LogP contribution < -0.4 is 0 Å². The van der Waals surface area contributed by atoms with Crippen molar-refractivity contribution < 1.29 is 9.90 Å². The van der Waals surface area contributed by atoms with Crippen molar-refractivity contribution in [3.05, 3.63) is 0 Å². The number of unbranched alkanes of at least 4 members (excludes halogenated alkanes) is 13. The van der Waals surface area contributed by atoms with Gasteiger partial charge in [0.25, 0.3) is 0 Å². The minimum Gasteiger partial charge on any atom is -0.481 e.